The predicted molar refractivity (Wildman–Crippen MR) is 54.6 cm³/mol. The van der Waals surface area contributed by atoms with Crippen molar-refractivity contribution in [2.24, 2.45) is 0 Å². The number of ether oxygens (including phenoxy) is 4. The number of methoxy groups -OCH3 is 2. The van der Waals surface area contributed by atoms with Gasteiger partial charge in [-0.1, -0.05) is 0 Å². The SMILES string of the molecule is COC(=O)/C(OC(C)=O)=C(\OC(C)=O)C(=O)OC. The molecule has 0 fully saturated rings. The average Bonchev–Trinajstić information content (AvgIpc) is 2.30. The predicted octanol–water partition coefficient (Wildman–Crippen LogP) is -0.330. The Kier molecular flexibility index (Phi) is 6.11. The third kappa shape index (κ3) is 4.64. The van der Waals surface area contributed by atoms with E-state index in [1.807, 2.05) is 0 Å². The molecule has 0 bridgehead atoms. The first-order chi connectivity index (χ1) is 8.33. The summed E-state index contributed by atoms with van der Waals surface area (Å²) < 4.78 is 17.5. The van der Waals surface area contributed by atoms with Crippen molar-refractivity contribution in [3.05, 3.63) is 11.5 Å². The first-order valence-electron chi connectivity index (χ1n) is 4.61. The van der Waals surface area contributed by atoms with Crippen LogP contribution in [0.2, 0.25) is 0 Å². The van der Waals surface area contributed by atoms with Gasteiger partial charge in [-0.15, -0.1) is 0 Å². The van der Waals surface area contributed by atoms with Crippen molar-refractivity contribution in [3.63, 3.8) is 0 Å². The Morgan fingerprint density at radius 3 is 1.11 bits per heavy atom. The van der Waals surface area contributed by atoms with E-state index in [0.29, 0.717) is 0 Å². The molecule has 0 aliphatic heterocycles. The van der Waals surface area contributed by atoms with Crippen LogP contribution in [0.4, 0.5) is 0 Å². The summed E-state index contributed by atoms with van der Waals surface area (Å²) >= 11 is 0. The van der Waals surface area contributed by atoms with Crippen molar-refractivity contribution in [3.8, 4) is 0 Å². The lowest BCUT2D eigenvalue weighted by atomic mass is 10.4. The van der Waals surface area contributed by atoms with Crippen LogP contribution in [0.3, 0.4) is 0 Å². The Bertz CT molecular complexity index is 368. The van der Waals surface area contributed by atoms with Gasteiger partial charge in [-0.2, -0.15) is 0 Å². The van der Waals surface area contributed by atoms with Crippen molar-refractivity contribution in [2.45, 2.75) is 13.8 Å². The molecule has 0 N–H and O–H groups in total. The molecule has 8 nitrogen and oxygen atoms in total. The van der Waals surface area contributed by atoms with Crippen molar-refractivity contribution in [2.75, 3.05) is 14.2 Å². The minimum atomic E-state index is -1.16. The fourth-order valence-corrected chi connectivity index (χ4v) is 0.834. The lowest BCUT2D eigenvalue weighted by Crippen LogP contribution is -2.21. The third-order valence-corrected chi connectivity index (χ3v) is 1.44. The average molecular weight is 260 g/mol. The summed E-state index contributed by atoms with van der Waals surface area (Å²) in [6, 6.07) is 0. The molecule has 0 aromatic rings. The van der Waals surface area contributed by atoms with Gasteiger partial charge >= 0.3 is 23.9 Å². The van der Waals surface area contributed by atoms with Gasteiger partial charge in [0.25, 0.3) is 11.5 Å². The van der Waals surface area contributed by atoms with Crippen molar-refractivity contribution >= 4 is 23.9 Å². The molecular formula is C10H12O8. The van der Waals surface area contributed by atoms with Crippen LogP contribution >= 0.6 is 0 Å². The topological polar surface area (TPSA) is 105 Å². The van der Waals surface area contributed by atoms with E-state index in [1.165, 1.54) is 0 Å². The molecule has 0 aliphatic rings. The molecule has 0 atom stereocenters. The van der Waals surface area contributed by atoms with Crippen LogP contribution in [0.25, 0.3) is 0 Å². The van der Waals surface area contributed by atoms with Gasteiger partial charge in [0.05, 0.1) is 14.2 Å². The normalized spacial score (nSPS) is 10.9. The zero-order chi connectivity index (χ0) is 14.3. The molecule has 0 radical (unpaired) electrons. The summed E-state index contributed by atoms with van der Waals surface area (Å²) in [6.07, 6.45) is 0. The van der Waals surface area contributed by atoms with Gasteiger partial charge in [0.2, 0.25) is 0 Å². The van der Waals surface area contributed by atoms with E-state index in [0.717, 1.165) is 28.1 Å². The van der Waals surface area contributed by atoms with E-state index in [9.17, 15) is 19.2 Å². The van der Waals surface area contributed by atoms with E-state index >= 15 is 0 Å². The van der Waals surface area contributed by atoms with E-state index < -0.39 is 35.4 Å². The second-order valence-electron chi connectivity index (χ2n) is 2.83. The molecule has 0 rings (SSSR count). The highest BCUT2D eigenvalue weighted by molar-refractivity contribution is 6.00. The number of hydrogen-bond acceptors (Lipinski definition) is 8. The number of esters is 4. The molecule has 0 unspecified atom stereocenters. The van der Waals surface area contributed by atoms with Gasteiger partial charge in [-0.25, -0.2) is 9.59 Å². The van der Waals surface area contributed by atoms with E-state index in [1.54, 1.807) is 0 Å². The molecule has 18 heavy (non-hydrogen) atoms. The molecule has 0 saturated carbocycles. The summed E-state index contributed by atoms with van der Waals surface area (Å²) in [5.74, 6) is -5.83. The quantitative estimate of drug-likeness (QED) is 0.293. The van der Waals surface area contributed by atoms with Gasteiger partial charge in [0.15, 0.2) is 0 Å². The molecular weight excluding hydrogens is 248 g/mol. The van der Waals surface area contributed by atoms with Gasteiger partial charge in [0, 0.05) is 13.8 Å². The van der Waals surface area contributed by atoms with Crippen molar-refractivity contribution in [1.29, 1.82) is 0 Å². The van der Waals surface area contributed by atoms with E-state index in [2.05, 4.69) is 18.9 Å². The highest BCUT2D eigenvalue weighted by atomic mass is 16.6. The van der Waals surface area contributed by atoms with Crippen molar-refractivity contribution in [1.82, 2.24) is 0 Å². The molecule has 0 aromatic carbocycles. The highest BCUT2D eigenvalue weighted by Gasteiger charge is 2.29. The molecule has 100 valence electrons. The van der Waals surface area contributed by atoms with E-state index in [4.69, 9.17) is 0 Å². The maximum Gasteiger partial charge on any atom is 0.378 e. The van der Waals surface area contributed by atoms with Gasteiger partial charge in [-0.05, 0) is 0 Å². The maximum atomic E-state index is 11.3. The Labute approximate surface area is 102 Å². The lowest BCUT2D eigenvalue weighted by Gasteiger charge is -2.10. The van der Waals surface area contributed by atoms with Crippen LogP contribution in [0, 0.1) is 0 Å². The standard InChI is InChI=1S/C10H12O8/c1-5(11)17-7(9(13)15-3)8(10(14)16-4)18-6(2)12/h1-4H3/b8-7+. The molecule has 0 aliphatic carbocycles. The van der Waals surface area contributed by atoms with Crippen LogP contribution in [0.1, 0.15) is 13.8 Å². The zero-order valence-corrected chi connectivity index (χ0v) is 10.3. The van der Waals surface area contributed by atoms with Crippen LogP contribution in [0.15, 0.2) is 11.5 Å². The first-order valence-corrected chi connectivity index (χ1v) is 4.61. The van der Waals surface area contributed by atoms with E-state index in [-0.39, 0.29) is 0 Å². The summed E-state index contributed by atoms with van der Waals surface area (Å²) in [7, 11) is 1.99. The molecule has 0 spiro atoms. The summed E-state index contributed by atoms with van der Waals surface area (Å²) in [5.41, 5.74) is 0. The Hall–Kier alpha value is -2.38. The lowest BCUT2D eigenvalue weighted by molar-refractivity contribution is -0.154. The van der Waals surface area contributed by atoms with Crippen molar-refractivity contribution < 1.29 is 38.1 Å². The molecule has 8 heteroatoms. The minimum absolute atomic E-state index is 0.855. The monoisotopic (exact) mass is 260 g/mol. The van der Waals surface area contributed by atoms with Crippen LogP contribution in [-0.4, -0.2) is 38.1 Å². The van der Waals surface area contributed by atoms with Crippen LogP contribution < -0.4 is 0 Å². The Morgan fingerprint density at radius 2 is 0.944 bits per heavy atom. The second-order valence-corrected chi connectivity index (χ2v) is 2.83. The minimum Gasteiger partial charge on any atom is -0.463 e. The number of rotatable bonds is 4. The molecule has 0 aromatic heterocycles. The number of carbonyl (C=O) groups excluding carboxylic acids is 4. The number of hydrogen-bond donors (Lipinski definition) is 0. The second kappa shape index (κ2) is 7.05. The summed E-state index contributed by atoms with van der Waals surface area (Å²) in [5, 5.41) is 0. The van der Waals surface area contributed by atoms with Crippen LogP contribution in [-0.2, 0) is 38.1 Å². The fourth-order valence-electron chi connectivity index (χ4n) is 0.834. The van der Waals surface area contributed by atoms with Crippen LogP contribution in [0.5, 0.6) is 0 Å². The largest absolute Gasteiger partial charge is 0.463 e. The third-order valence-electron chi connectivity index (χ3n) is 1.44. The summed E-state index contributed by atoms with van der Waals surface area (Å²) in [6.45, 7) is 1.98. The highest BCUT2D eigenvalue weighted by Crippen LogP contribution is 2.13. The van der Waals surface area contributed by atoms with Gasteiger partial charge in [-0.3, -0.25) is 9.59 Å². The molecule has 0 saturated heterocycles. The Morgan fingerprint density at radius 1 is 0.667 bits per heavy atom. The van der Waals surface area contributed by atoms with Gasteiger partial charge < -0.3 is 18.9 Å². The van der Waals surface area contributed by atoms with Gasteiger partial charge in [0.1, 0.15) is 0 Å². The summed E-state index contributed by atoms with van der Waals surface area (Å²) in [4.78, 5) is 44.3. The fraction of sp³-hybridized carbons (Fsp3) is 0.400. The smallest absolute Gasteiger partial charge is 0.378 e. The molecule has 0 amide bonds. The zero-order valence-electron chi connectivity index (χ0n) is 10.3. The Balaban J connectivity index is 5.64. The maximum absolute atomic E-state index is 11.3. The first kappa shape index (κ1) is 15.6. The number of carbonyl (C=O) groups is 4. The molecule has 0 heterocycles.